The van der Waals surface area contributed by atoms with Crippen molar-refractivity contribution in [2.24, 2.45) is 0 Å². The van der Waals surface area contributed by atoms with Gasteiger partial charge in [0, 0.05) is 5.02 Å². The van der Waals surface area contributed by atoms with Gasteiger partial charge in [0.1, 0.15) is 24.3 Å². The van der Waals surface area contributed by atoms with Crippen LogP contribution in [0.5, 0.6) is 5.75 Å². The van der Waals surface area contributed by atoms with E-state index in [0.717, 1.165) is 4.47 Å². The maximum absolute atomic E-state index is 9.87. The van der Waals surface area contributed by atoms with Crippen LogP contribution in [-0.4, -0.2) is 38.0 Å². The monoisotopic (exact) mass is 346 g/mol. The Hall–Kier alpha value is -1.18. The normalized spacial score (nSPS) is 12.4. The molecule has 1 atom stereocenters. The number of hydrogen-bond acceptors (Lipinski definition) is 5. The van der Waals surface area contributed by atoms with Crippen LogP contribution >= 0.6 is 27.5 Å². The van der Waals surface area contributed by atoms with Gasteiger partial charge in [-0.15, -0.1) is 5.10 Å². The number of rotatable bonds is 5. The minimum Gasteiger partial charge on any atom is -0.490 e. The summed E-state index contributed by atoms with van der Waals surface area (Å²) in [6.07, 6.45) is -0.704. The van der Waals surface area contributed by atoms with Gasteiger partial charge in [-0.25, -0.2) is 4.68 Å². The van der Waals surface area contributed by atoms with Gasteiger partial charge in [-0.3, -0.25) is 0 Å². The van der Waals surface area contributed by atoms with E-state index < -0.39 is 6.10 Å². The molecule has 19 heavy (non-hydrogen) atoms. The Kier molecular flexibility index (Phi) is 4.73. The lowest BCUT2D eigenvalue weighted by Crippen LogP contribution is -2.25. The first-order chi connectivity index (χ1) is 9.06. The molecule has 2 rings (SSSR count). The molecule has 6 nitrogen and oxygen atoms in total. The zero-order valence-corrected chi connectivity index (χ0v) is 12.5. The summed E-state index contributed by atoms with van der Waals surface area (Å²) in [5, 5.41) is 21.5. The average molecular weight is 348 g/mol. The van der Waals surface area contributed by atoms with Gasteiger partial charge >= 0.3 is 0 Å². The van der Waals surface area contributed by atoms with Crippen LogP contribution in [0.2, 0.25) is 5.02 Å². The molecule has 0 spiro atoms. The third-order valence-corrected chi connectivity index (χ3v) is 3.27. The van der Waals surface area contributed by atoms with Crippen molar-refractivity contribution in [2.75, 3.05) is 6.61 Å². The molecule has 0 amide bonds. The predicted octanol–water partition coefficient (Wildman–Crippen LogP) is 1.84. The lowest BCUT2D eigenvalue weighted by atomic mass is 10.3. The van der Waals surface area contributed by atoms with Gasteiger partial charge in [-0.05, 0) is 51.5 Å². The summed E-state index contributed by atoms with van der Waals surface area (Å²) in [4.78, 5) is 0. The van der Waals surface area contributed by atoms with Crippen LogP contribution in [0.1, 0.15) is 5.82 Å². The van der Waals surface area contributed by atoms with Gasteiger partial charge in [0.15, 0.2) is 0 Å². The highest BCUT2D eigenvalue weighted by Crippen LogP contribution is 2.28. The van der Waals surface area contributed by atoms with Gasteiger partial charge in [0.05, 0.1) is 11.0 Å². The Bertz CT molecular complexity index is 563. The molecular formula is C11H12BrClN4O2. The number of benzene rings is 1. The topological polar surface area (TPSA) is 73.1 Å². The summed E-state index contributed by atoms with van der Waals surface area (Å²) in [6.45, 7) is 2.19. The highest BCUT2D eigenvalue weighted by atomic mass is 79.9. The molecule has 102 valence electrons. The van der Waals surface area contributed by atoms with E-state index in [0.29, 0.717) is 16.6 Å². The van der Waals surface area contributed by atoms with Crippen molar-refractivity contribution in [1.29, 1.82) is 0 Å². The fraction of sp³-hybridized carbons (Fsp3) is 0.364. The second-order valence-corrected chi connectivity index (χ2v) is 5.24. The fourth-order valence-corrected chi connectivity index (χ4v) is 2.25. The fourth-order valence-electron chi connectivity index (χ4n) is 1.45. The van der Waals surface area contributed by atoms with Crippen LogP contribution in [0.3, 0.4) is 0 Å². The number of nitrogens with zero attached hydrogens (tertiary/aromatic N) is 4. The van der Waals surface area contributed by atoms with E-state index in [-0.39, 0.29) is 13.2 Å². The predicted molar refractivity (Wildman–Crippen MR) is 73.2 cm³/mol. The van der Waals surface area contributed by atoms with Gasteiger partial charge in [-0.1, -0.05) is 11.6 Å². The summed E-state index contributed by atoms with van der Waals surface area (Å²) in [6, 6.07) is 5.19. The molecule has 0 radical (unpaired) electrons. The highest BCUT2D eigenvalue weighted by Gasteiger charge is 2.11. The molecule has 1 aromatic carbocycles. The molecular weight excluding hydrogens is 336 g/mol. The molecule has 1 aromatic heterocycles. The molecule has 1 heterocycles. The largest absolute Gasteiger partial charge is 0.490 e. The summed E-state index contributed by atoms with van der Waals surface area (Å²) in [7, 11) is 0. The van der Waals surface area contributed by atoms with Crippen LogP contribution in [0.4, 0.5) is 0 Å². The van der Waals surface area contributed by atoms with E-state index in [2.05, 4.69) is 31.5 Å². The number of halogens is 2. The molecule has 0 aliphatic carbocycles. The molecule has 1 unspecified atom stereocenters. The molecule has 2 aromatic rings. The van der Waals surface area contributed by atoms with Crippen molar-refractivity contribution < 1.29 is 9.84 Å². The molecule has 0 saturated carbocycles. The first kappa shape index (κ1) is 14.2. The summed E-state index contributed by atoms with van der Waals surface area (Å²) in [5.41, 5.74) is 0. The molecule has 0 saturated heterocycles. The van der Waals surface area contributed by atoms with E-state index >= 15 is 0 Å². The first-order valence-corrected chi connectivity index (χ1v) is 6.72. The lowest BCUT2D eigenvalue weighted by molar-refractivity contribution is 0.0878. The van der Waals surface area contributed by atoms with Crippen LogP contribution in [0, 0.1) is 6.92 Å². The highest BCUT2D eigenvalue weighted by molar-refractivity contribution is 9.10. The average Bonchev–Trinajstić information content (AvgIpc) is 2.74. The van der Waals surface area contributed by atoms with E-state index in [9.17, 15) is 5.11 Å². The zero-order valence-electron chi connectivity index (χ0n) is 10.1. The van der Waals surface area contributed by atoms with Gasteiger partial charge in [0.25, 0.3) is 0 Å². The van der Waals surface area contributed by atoms with Gasteiger partial charge in [-0.2, -0.15) is 0 Å². The SMILES string of the molecule is Cc1nnnn1CC(O)COc1ccc(Cl)cc1Br. The van der Waals surface area contributed by atoms with Crippen molar-refractivity contribution in [1.82, 2.24) is 20.2 Å². The Morgan fingerprint density at radius 3 is 2.95 bits per heavy atom. The van der Waals surface area contributed by atoms with Crippen molar-refractivity contribution in [3.63, 3.8) is 0 Å². The lowest BCUT2D eigenvalue weighted by Gasteiger charge is -2.13. The maximum atomic E-state index is 9.87. The van der Waals surface area contributed by atoms with E-state index in [1.54, 1.807) is 25.1 Å². The number of aliphatic hydroxyl groups is 1. The van der Waals surface area contributed by atoms with E-state index in [1.807, 2.05) is 0 Å². The Labute approximate surface area is 123 Å². The standard InChI is InChI=1S/C11H12BrClN4O2/c1-7-14-15-16-17(7)5-9(18)6-19-11-3-2-8(13)4-10(11)12/h2-4,9,18H,5-6H2,1H3. The zero-order chi connectivity index (χ0) is 13.8. The second-order valence-electron chi connectivity index (χ2n) is 3.95. The molecule has 0 fully saturated rings. The minimum atomic E-state index is -0.704. The summed E-state index contributed by atoms with van der Waals surface area (Å²) >= 11 is 9.17. The van der Waals surface area contributed by atoms with E-state index in [1.165, 1.54) is 4.68 Å². The molecule has 0 aliphatic rings. The third-order valence-electron chi connectivity index (χ3n) is 2.42. The number of aryl methyl sites for hydroxylation is 1. The molecule has 8 heteroatoms. The number of aliphatic hydroxyl groups excluding tert-OH is 1. The van der Waals surface area contributed by atoms with Crippen LogP contribution < -0.4 is 4.74 Å². The van der Waals surface area contributed by atoms with E-state index in [4.69, 9.17) is 16.3 Å². The minimum absolute atomic E-state index is 0.138. The van der Waals surface area contributed by atoms with Crippen molar-refractivity contribution in [2.45, 2.75) is 19.6 Å². The van der Waals surface area contributed by atoms with Crippen LogP contribution in [-0.2, 0) is 6.54 Å². The Morgan fingerprint density at radius 1 is 1.53 bits per heavy atom. The molecule has 1 N–H and O–H groups in total. The van der Waals surface area contributed by atoms with Crippen molar-refractivity contribution >= 4 is 27.5 Å². The Balaban J connectivity index is 1.90. The van der Waals surface area contributed by atoms with Crippen LogP contribution in [0.15, 0.2) is 22.7 Å². The molecule has 0 bridgehead atoms. The first-order valence-electron chi connectivity index (χ1n) is 5.55. The number of hydrogen-bond donors (Lipinski definition) is 1. The van der Waals surface area contributed by atoms with Gasteiger partial charge in [0.2, 0.25) is 0 Å². The maximum Gasteiger partial charge on any atom is 0.148 e. The van der Waals surface area contributed by atoms with Crippen molar-refractivity contribution in [3.8, 4) is 5.75 Å². The van der Waals surface area contributed by atoms with Gasteiger partial charge < -0.3 is 9.84 Å². The Morgan fingerprint density at radius 2 is 2.32 bits per heavy atom. The number of ether oxygens (including phenoxy) is 1. The smallest absolute Gasteiger partial charge is 0.148 e. The van der Waals surface area contributed by atoms with Crippen LogP contribution in [0.25, 0.3) is 0 Å². The summed E-state index contributed by atoms with van der Waals surface area (Å²) in [5.74, 6) is 1.27. The molecule has 0 aliphatic heterocycles. The second kappa shape index (κ2) is 6.31. The number of tetrazole rings is 1. The quantitative estimate of drug-likeness (QED) is 0.893. The number of aromatic nitrogens is 4. The summed E-state index contributed by atoms with van der Waals surface area (Å²) < 4.78 is 7.77. The third kappa shape index (κ3) is 3.89. The van der Waals surface area contributed by atoms with Crippen molar-refractivity contribution in [3.05, 3.63) is 33.5 Å².